The Morgan fingerprint density at radius 2 is 1.93 bits per heavy atom. The first kappa shape index (κ1) is 11.4. The Labute approximate surface area is 89.3 Å². The highest BCUT2D eigenvalue weighted by Crippen LogP contribution is 2.23. The van der Waals surface area contributed by atoms with Gasteiger partial charge >= 0.3 is 0 Å². The fourth-order valence-electron chi connectivity index (χ4n) is 1.22. The Hall–Kier alpha value is -1.70. The van der Waals surface area contributed by atoms with Crippen molar-refractivity contribution in [1.82, 2.24) is 0 Å². The summed E-state index contributed by atoms with van der Waals surface area (Å²) in [6.07, 6.45) is -0.835. The molecule has 0 radical (unpaired) electrons. The molecule has 1 atom stereocenters. The monoisotopic (exact) mass is 206 g/mol. The quantitative estimate of drug-likeness (QED) is 0.605. The fraction of sp³-hybridized carbons (Fsp3) is 0.250. The fourth-order valence-corrected chi connectivity index (χ4v) is 1.22. The summed E-state index contributed by atoms with van der Waals surface area (Å²) in [6.45, 7) is 3.44. The highest BCUT2D eigenvalue weighted by molar-refractivity contribution is 5.30. The Morgan fingerprint density at radius 3 is 2.33 bits per heavy atom. The smallest absolute Gasteiger partial charge is 0.170 e. The van der Waals surface area contributed by atoms with Crippen LogP contribution < -0.4 is 4.74 Å². The van der Waals surface area contributed by atoms with E-state index in [9.17, 15) is 5.11 Å². The Bertz CT molecular complexity index is 361. The lowest BCUT2D eigenvalue weighted by atomic mass is 10.1. The lowest BCUT2D eigenvalue weighted by Gasteiger charge is -2.12. The maximum Gasteiger partial charge on any atom is 0.170 e. The number of benzene rings is 1. The van der Waals surface area contributed by atoms with Crippen LogP contribution in [0.5, 0.6) is 5.75 Å². The number of methoxy groups -OCH3 is 2. The van der Waals surface area contributed by atoms with Gasteiger partial charge in [0.15, 0.2) is 5.76 Å². The van der Waals surface area contributed by atoms with E-state index in [1.165, 1.54) is 7.11 Å². The molecule has 1 unspecified atom stereocenters. The van der Waals surface area contributed by atoms with Crippen LogP contribution in [0.3, 0.4) is 0 Å². The van der Waals surface area contributed by atoms with Crippen molar-refractivity contribution in [3.63, 3.8) is 0 Å². The third-order valence-electron chi connectivity index (χ3n) is 2.07. The molecule has 0 aromatic heterocycles. The van der Waals surface area contributed by atoms with E-state index in [-0.39, 0.29) is 0 Å². The first-order chi connectivity index (χ1) is 7.22. The lowest BCUT2D eigenvalue weighted by molar-refractivity contribution is 0.130. The predicted octanol–water partition coefficient (Wildman–Crippen LogP) is 2.04. The first-order valence-electron chi connectivity index (χ1n) is 4.49. The summed E-state index contributed by atoms with van der Waals surface area (Å²) in [5.74, 6) is 1.05. The van der Waals surface area contributed by atoms with E-state index in [4.69, 9.17) is 9.47 Å². The first-order valence-corrected chi connectivity index (χ1v) is 4.49. The molecule has 0 bridgehead atoms. The summed E-state index contributed by atoms with van der Waals surface area (Å²) in [7, 11) is 3.07. The molecule has 0 spiro atoms. The molecule has 0 aliphatic carbocycles. The summed E-state index contributed by atoms with van der Waals surface area (Å²) < 4.78 is 9.95. The molecule has 0 amide bonds. The van der Waals surface area contributed by atoms with E-state index in [0.29, 0.717) is 11.3 Å². The molecule has 1 aromatic carbocycles. The molecule has 0 saturated heterocycles. The second-order valence-electron chi connectivity index (χ2n) is 2.92. The van der Waals surface area contributed by atoms with Gasteiger partial charge in [-0.3, -0.25) is 0 Å². The van der Waals surface area contributed by atoms with Crippen LogP contribution in [-0.4, -0.2) is 19.3 Å². The van der Waals surface area contributed by atoms with Gasteiger partial charge < -0.3 is 14.6 Å². The third-order valence-corrected chi connectivity index (χ3v) is 2.07. The highest BCUT2D eigenvalue weighted by Gasteiger charge is 2.13. The van der Waals surface area contributed by atoms with E-state index in [1.54, 1.807) is 31.4 Å². The number of aliphatic hydroxyl groups is 1. The molecular weight excluding hydrogens is 192 g/mol. The normalized spacial score (nSPS) is 11.4. The predicted molar refractivity (Wildman–Crippen MR) is 57.6 cm³/mol. The number of hydrogen-bond donors (Lipinski definition) is 1. The summed E-state index contributed by atoms with van der Waals surface area (Å²) in [5.41, 5.74) is 3.25. The van der Waals surface area contributed by atoms with Crippen molar-refractivity contribution in [3.05, 3.63) is 47.9 Å². The van der Waals surface area contributed by atoms with Gasteiger partial charge in [0.25, 0.3) is 0 Å². The molecule has 0 aliphatic rings. The molecule has 3 nitrogen and oxygen atoms in total. The van der Waals surface area contributed by atoms with Crippen LogP contribution in [0, 0.1) is 0 Å². The van der Waals surface area contributed by atoms with Crippen LogP contribution in [0.2, 0.25) is 0 Å². The minimum atomic E-state index is -0.835. The second kappa shape index (κ2) is 5.25. The average Bonchev–Trinajstić information content (AvgIpc) is 2.30. The number of aliphatic hydroxyl groups excluding tert-OH is 1. The van der Waals surface area contributed by atoms with Gasteiger partial charge in [-0.15, -0.1) is 0 Å². The van der Waals surface area contributed by atoms with Crippen LogP contribution in [0.15, 0.2) is 42.3 Å². The van der Waals surface area contributed by atoms with Gasteiger partial charge in [-0.05, 0) is 17.7 Å². The van der Waals surface area contributed by atoms with Crippen molar-refractivity contribution in [2.75, 3.05) is 14.2 Å². The molecule has 15 heavy (non-hydrogen) atoms. The standard InChI is InChI=1S/C12H14O3/c1-4-11(15-3)12(13)9-5-7-10(14-2)8-6-9/h5-8,12-13H,1H2,2-3H3. The van der Waals surface area contributed by atoms with Gasteiger partial charge in [-0.25, -0.2) is 0 Å². The molecule has 0 fully saturated rings. The minimum absolute atomic E-state index is 0.306. The number of rotatable bonds is 4. The van der Waals surface area contributed by atoms with Crippen LogP contribution in [-0.2, 0) is 4.74 Å². The summed E-state index contributed by atoms with van der Waals surface area (Å²) in [6, 6.07) is 7.07. The zero-order valence-corrected chi connectivity index (χ0v) is 8.86. The van der Waals surface area contributed by atoms with Crippen molar-refractivity contribution in [2.24, 2.45) is 0 Å². The SMILES string of the molecule is C=C=C(OC)C(O)c1ccc(OC)cc1. The Balaban J connectivity index is 2.91. The van der Waals surface area contributed by atoms with Gasteiger partial charge in [0.05, 0.1) is 14.2 Å². The molecule has 1 rings (SSSR count). The van der Waals surface area contributed by atoms with E-state index < -0.39 is 6.10 Å². The highest BCUT2D eigenvalue weighted by atomic mass is 16.5. The van der Waals surface area contributed by atoms with Gasteiger partial charge in [-0.2, -0.15) is 0 Å². The zero-order chi connectivity index (χ0) is 11.3. The number of hydrogen-bond acceptors (Lipinski definition) is 3. The molecular formula is C12H14O3. The maximum absolute atomic E-state index is 9.84. The summed E-state index contributed by atoms with van der Waals surface area (Å²) in [5, 5.41) is 9.84. The van der Waals surface area contributed by atoms with Crippen LogP contribution in [0.4, 0.5) is 0 Å². The summed E-state index contributed by atoms with van der Waals surface area (Å²) >= 11 is 0. The van der Waals surface area contributed by atoms with Crippen LogP contribution in [0.1, 0.15) is 11.7 Å². The van der Waals surface area contributed by atoms with Crippen molar-refractivity contribution < 1.29 is 14.6 Å². The summed E-state index contributed by atoms with van der Waals surface area (Å²) in [4.78, 5) is 0. The van der Waals surface area contributed by atoms with Crippen molar-refractivity contribution >= 4 is 0 Å². The van der Waals surface area contributed by atoms with Gasteiger partial charge in [-0.1, -0.05) is 24.4 Å². The Morgan fingerprint density at radius 1 is 1.33 bits per heavy atom. The van der Waals surface area contributed by atoms with E-state index in [1.807, 2.05) is 0 Å². The van der Waals surface area contributed by atoms with Gasteiger partial charge in [0, 0.05) is 0 Å². The van der Waals surface area contributed by atoms with Gasteiger partial charge in [0.2, 0.25) is 0 Å². The van der Waals surface area contributed by atoms with E-state index >= 15 is 0 Å². The minimum Gasteiger partial charge on any atom is -0.497 e. The van der Waals surface area contributed by atoms with E-state index in [0.717, 1.165) is 5.75 Å². The van der Waals surface area contributed by atoms with E-state index in [2.05, 4.69) is 12.3 Å². The van der Waals surface area contributed by atoms with Crippen molar-refractivity contribution in [3.8, 4) is 5.75 Å². The molecule has 0 aliphatic heterocycles. The molecule has 0 saturated carbocycles. The number of ether oxygens (including phenoxy) is 2. The van der Waals surface area contributed by atoms with Crippen LogP contribution in [0.25, 0.3) is 0 Å². The lowest BCUT2D eigenvalue weighted by Crippen LogP contribution is -2.02. The third kappa shape index (κ3) is 2.62. The molecule has 1 N–H and O–H groups in total. The largest absolute Gasteiger partial charge is 0.497 e. The molecule has 1 aromatic rings. The average molecular weight is 206 g/mol. The molecule has 0 heterocycles. The van der Waals surface area contributed by atoms with Crippen molar-refractivity contribution in [1.29, 1.82) is 0 Å². The second-order valence-corrected chi connectivity index (χ2v) is 2.92. The maximum atomic E-state index is 9.84. The Kier molecular flexibility index (Phi) is 3.98. The topological polar surface area (TPSA) is 38.7 Å². The van der Waals surface area contributed by atoms with Crippen molar-refractivity contribution in [2.45, 2.75) is 6.10 Å². The van der Waals surface area contributed by atoms with Gasteiger partial charge in [0.1, 0.15) is 11.9 Å². The van der Waals surface area contributed by atoms with Crippen LogP contribution >= 0.6 is 0 Å². The molecule has 80 valence electrons. The molecule has 3 heteroatoms. The zero-order valence-electron chi connectivity index (χ0n) is 8.86.